The van der Waals surface area contributed by atoms with E-state index < -0.39 is 12.0 Å². The molecule has 23 heavy (non-hydrogen) atoms. The average molecular weight is 318 g/mol. The van der Waals surface area contributed by atoms with Gasteiger partial charge in [0.2, 0.25) is 0 Å². The fourth-order valence-electron chi connectivity index (χ4n) is 2.71. The lowest BCUT2D eigenvalue weighted by molar-refractivity contribution is -0.141. The lowest BCUT2D eigenvalue weighted by atomic mass is 10.1. The predicted octanol–water partition coefficient (Wildman–Crippen LogP) is 2.51. The highest BCUT2D eigenvalue weighted by atomic mass is 16.4. The molecule has 2 atom stereocenters. The highest BCUT2D eigenvalue weighted by Crippen LogP contribution is 2.20. The molecule has 0 aliphatic carbocycles. The molecule has 5 nitrogen and oxygen atoms in total. The van der Waals surface area contributed by atoms with Crippen LogP contribution in [0.2, 0.25) is 0 Å². The van der Waals surface area contributed by atoms with Crippen molar-refractivity contribution >= 4 is 11.9 Å². The fraction of sp³-hybridized carbons (Fsp3) is 0.556. The largest absolute Gasteiger partial charge is 0.480 e. The number of benzene rings is 1. The Balaban J connectivity index is 1.99. The first-order chi connectivity index (χ1) is 10.9. The zero-order valence-corrected chi connectivity index (χ0v) is 14.1. The summed E-state index contributed by atoms with van der Waals surface area (Å²) in [5, 5.41) is 12.6. The third kappa shape index (κ3) is 4.32. The second-order valence-corrected chi connectivity index (χ2v) is 6.61. The van der Waals surface area contributed by atoms with Crippen molar-refractivity contribution in [3.63, 3.8) is 0 Å². The summed E-state index contributed by atoms with van der Waals surface area (Å²) >= 11 is 0. The lowest BCUT2D eigenvalue weighted by Crippen LogP contribution is -2.40. The van der Waals surface area contributed by atoms with Crippen LogP contribution in [-0.4, -0.2) is 40.5 Å². The Hall–Kier alpha value is -1.88. The Morgan fingerprint density at radius 2 is 1.91 bits per heavy atom. The normalized spacial score (nSPS) is 19.1. The quantitative estimate of drug-likeness (QED) is 0.845. The van der Waals surface area contributed by atoms with Crippen LogP contribution in [0.1, 0.15) is 49.5 Å². The van der Waals surface area contributed by atoms with E-state index in [0.29, 0.717) is 30.5 Å². The smallest absolute Gasteiger partial charge is 0.326 e. The number of hydrogen-bond donors (Lipinski definition) is 2. The molecule has 1 amide bonds. The summed E-state index contributed by atoms with van der Waals surface area (Å²) in [5.74, 6) is -0.539. The van der Waals surface area contributed by atoms with Crippen molar-refractivity contribution in [2.24, 2.45) is 5.92 Å². The molecular weight excluding hydrogens is 292 g/mol. The van der Waals surface area contributed by atoms with Crippen LogP contribution in [0, 0.1) is 5.92 Å². The van der Waals surface area contributed by atoms with Crippen molar-refractivity contribution in [3.05, 3.63) is 35.4 Å². The Labute approximate surface area is 137 Å². The predicted molar refractivity (Wildman–Crippen MR) is 89.3 cm³/mol. The van der Waals surface area contributed by atoms with Crippen LogP contribution in [0.15, 0.2) is 24.3 Å². The maximum Gasteiger partial charge on any atom is 0.326 e. The Bertz CT molecular complexity index is 554. The zero-order chi connectivity index (χ0) is 17.0. The van der Waals surface area contributed by atoms with Gasteiger partial charge in [-0.05, 0) is 43.4 Å². The summed E-state index contributed by atoms with van der Waals surface area (Å²) in [6.45, 7) is 7.78. The van der Waals surface area contributed by atoms with Crippen LogP contribution in [0.25, 0.3) is 0 Å². The lowest BCUT2D eigenvalue weighted by Gasteiger charge is -2.21. The molecule has 0 saturated carbocycles. The van der Waals surface area contributed by atoms with E-state index in [1.807, 2.05) is 12.1 Å². The molecule has 0 aromatic heterocycles. The van der Waals surface area contributed by atoms with E-state index in [4.69, 9.17) is 0 Å². The number of nitrogens with zero attached hydrogens (tertiary/aromatic N) is 1. The molecule has 0 radical (unpaired) electrons. The minimum atomic E-state index is -0.917. The van der Waals surface area contributed by atoms with Crippen molar-refractivity contribution in [1.29, 1.82) is 0 Å². The molecule has 126 valence electrons. The number of amides is 1. The summed E-state index contributed by atoms with van der Waals surface area (Å²) in [4.78, 5) is 25.1. The molecule has 0 bridgehead atoms. The van der Waals surface area contributed by atoms with Crippen LogP contribution in [0.4, 0.5) is 0 Å². The van der Waals surface area contributed by atoms with Gasteiger partial charge in [0.25, 0.3) is 5.91 Å². The molecule has 1 aromatic rings. The molecule has 2 rings (SSSR count). The van der Waals surface area contributed by atoms with Gasteiger partial charge >= 0.3 is 5.97 Å². The van der Waals surface area contributed by atoms with Crippen LogP contribution in [0.3, 0.4) is 0 Å². The van der Waals surface area contributed by atoms with E-state index in [0.717, 1.165) is 18.5 Å². The van der Waals surface area contributed by atoms with Crippen molar-refractivity contribution in [2.75, 3.05) is 6.54 Å². The maximum absolute atomic E-state index is 12.5. The Morgan fingerprint density at radius 1 is 1.26 bits per heavy atom. The van der Waals surface area contributed by atoms with Gasteiger partial charge < -0.3 is 15.3 Å². The average Bonchev–Trinajstić information content (AvgIpc) is 3.02. The highest BCUT2D eigenvalue weighted by molar-refractivity contribution is 5.97. The minimum Gasteiger partial charge on any atom is -0.480 e. The number of likely N-dealkylation sites (tertiary alicyclic amines) is 1. The van der Waals surface area contributed by atoms with E-state index in [1.165, 1.54) is 4.90 Å². The third-order valence-corrected chi connectivity index (χ3v) is 4.63. The van der Waals surface area contributed by atoms with Gasteiger partial charge in [-0.15, -0.1) is 0 Å². The van der Waals surface area contributed by atoms with Crippen molar-refractivity contribution in [1.82, 2.24) is 10.2 Å². The highest BCUT2D eigenvalue weighted by Gasteiger charge is 2.34. The number of nitrogens with one attached hydrogen (secondary N) is 1. The molecule has 1 aromatic carbocycles. The fourth-order valence-corrected chi connectivity index (χ4v) is 2.71. The third-order valence-electron chi connectivity index (χ3n) is 4.63. The molecule has 1 aliphatic heterocycles. The van der Waals surface area contributed by atoms with E-state index in [9.17, 15) is 14.7 Å². The van der Waals surface area contributed by atoms with Crippen molar-refractivity contribution < 1.29 is 14.7 Å². The molecule has 1 saturated heterocycles. The van der Waals surface area contributed by atoms with Gasteiger partial charge in [-0.1, -0.05) is 26.0 Å². The molecule has 1 unspecified atom stereocenters. The molecule has 2 N–H and O–H groups in total. The zero-order valence-electron chi connectivity index (χ0n) is 14.1. The van der Waals surface area contributed by atoms with Gasteiger partial charge in [-0.2, -0.15) is 0 Å². The van der Waals surface area contributed by atoms with Gasteiger partial charge in [0.1, 0.15) is 6.04 Å². The number of carboxylic acids is 1. The van der Waals surface area contributed by atoms with Crippen LogP contribution >= 0.6 is 0 Å². The first kappa shape index (κ1) is 17.5. The van der Waals surface area contributed by atoms with Crippen molar-refractivity contribution in [2.45, 2.75) is 52.2 Å². The van der Waals surface area contributed by atoms with E-state index in [-0.39, 0.29) is 5.91 Å². The van der Waals surface area contributed by atoms with Gasteiger partial charge in [0, 0.05) is 24.7 Å². The topological polar surface area (TPSA) is 69.6 Å². The van der Waals surface area contributed by atoms with Crippen LogP contribution in [0.5, 0.6) is 0 Å². The number of carbonyl (C=O) groups is 2. The van der Waals surface area contributed by atoms with Crippen LogP contribution < -0.4 is 5.32 Å². The van der Waals surface area contributed by atoms with E-state index >= 15 is 0 Å². The van der Waals surface area contributed by atoms with Gasteiger partial charge in [-0.3, -0.25) is 4.79 Å². The number of carboxylic acid groups (broad SMARTS) is 1. The monoisotopic (exact) mass is 318 g/mol. The maximum atomic E-state index is 12.5. The molecule has 0 spiro atoms. The summed E-state index contributed by atoms with van der Waals surface area (Å²) < 4.78 is 0. The molecule has 1 aliphatic rings. The summed E-state index contributed by atoms with van der Waals surface area (Å²) in [6.07, 6.45) is 1.29. The molecular formula is C18H26N2O3. The standard InChI is InChI=1S/C18H26N2O3/c1-12(2)13(3)19-11-14-6-8-15(9-7-14)17(21)20-10-4-5-16(20)18(22)23/h6-9,12-13,16,19H,4-5,10-11H2,1-3H3,(H,22,23)/t13?,16-/m1/s1. The molecule has 1 heterocycles. The molecule has 5 heteroatoms. The van der Waals surface area contributed by atoms with Crippen LogP contribution in [-0.2, 0) is 11.3 Å². The first-order valence-corrected chi connectivity index (χ1v) is 8.26. The second kappa shape index (κ2) is 7.59. The summed E-state index contributed by atoms with van der Waals surface area (Å²) in [7, 11) is 0. The Morgan fingerprint density at radius 3 is 2.48 bits per heavy atom. The first-order valence-electron chi connectivity index (χ1n) is 8.26. The number of carbonyl (C=O) groups excluding carboxylic acids is 1. The second-order valence-electron chi connectivity index (χ2n) is 6.61. The van der Waals surface area contributed by atoms with Gasteiger partial charge in [0.05, 0.1) is 0 Å². The summed E-state index contributed by atoms with van der Waals surface area (Å²) in [5.41, 5.74) is 1.67. The van der Waals surface area contributed by atoms with E-state index in [2.05, 4.69) is 26.1 Å². The van der Waals surface area contributed by atoms with E-state index in [1.54, 1.807) is 12.1 Å². The number of hydrogen-bond acceptors (Lipinski definition) is 3. The Kier molecular flexibility index (Phi) is 5.77. The number of rotatable bonds is 6. The van der Waals surface area contributed by atoms with Crippen molar-refractivity contribution in [3.8, 4) is 0 Å². The number of aliphatic carboxylic acids is 1. The summed E-state index contributed by atoms with van der Waals surface area (Å²) in [6, 6.07) is 7.18. The minimum absolute atomic E-state index is 0.190. The molecule has 1 fully saturated rings. The van der Waals surface area contributed by atoms with Gasteiger partial charge in [0.15, 0.2) is 0 Å². The SMILES string of the molecule is CC(C)C(C)NCc1ccc(C(=O)N2CCC[C@@H]2C(=O)O)cc1. The van der Waals surface area contributed by atoms with Gasteiger partial charge in [-0.25, -0.2) is 4.79 Å².